The Morgan fingerprint density at radius 2 is 1.65 bits per heavy atom. The summed E-state index contributed by atoms with van der Waals surface area (Å²) >= 11 is 1.50. The van der Waals surface area contributed by atoms with Crippen LogP contribution in [0.3, 0.4) is 0 Å². The third-order valence-corrected chi connectivity index (χ3v) is 4.15. The summed E-state index contributed by atoms with van der Waals surface area (Å²) < 4.78 is 2.59. The summed E-state index contributed by atoms with van der Waals surface area (Å²) in [6, 6.07) is 17.3. The molecule has 2 aromatic heterocycles. The van der Waals surface area contributed by atoms with Crippen LogP contribution in [0.5, 0.6) is 0 Å². The second-order valence-electron chi connectivity index (χ2n) is 4.38. The number of hydrogen-bond acceptors (Lipinski definition) is 4. The Hall–Kier alpha value is -2.53. The maximum absolute atomic E-state index is 12.3. The molecule has 0 aliphatic heterocycles. The molecule has 0 saturated heterocycles. The van der Waals surface area contributed by atoms with E-state index in [1.165, 1.54) is 11.3 Å². The van der Waals surface area contributed by atoms with Gasteiger partial charge in [0.1, 0.15) is 0 Å². The molecule has 2 heterocycles. The summed E-state index contributed by atoms with van der Waals surface area (Å²) in [5.41, 5.74) is 1.42. The Morgan fingerprint density at radius 3 is 2.50 bits per heavy atom. The highest BCUT2D eigenvalue weighted by molar-refractivity contribution is 7.23. The number of aromatic nitrogens is 3. The van der Waals surface area contributed by atoms with Gasteiger partial charge in [-0.3, -0.25) is 0 Å². The van der Waals surface area contributed by atoms with Crippen molar-refractivity contribution in [2.45, 2.75) is 0 Å². The average molecular weight is 279 g/mol. The van der Waals surface area contributed by atoms with Crippen LogP contribution in [0.15, 0.2) is 59.4 Å². The average Bonchev–Trinajstić information content (AvgIpc) is 2.87. The van der Waals surface area contributed by atoms with Crippen molar-refractivity contribution in [3.05, 3.63) is 65.1 Å². The van der Waals surface area contributed by atoms with Gasteiger partial charge in [0.05, 0.1) is 10.2 Å². The molecule has 0 aliphatic carbocycles. The third kappa shape index (κ3) is 1.64. The van der Waals surface area contributed by atoms with Crippen molar-refractivity contribution in [3.8, 4) is 11.4 Å². The topological polar surface area (TPSA) is 47.3 Å². The first kappa shape index (κ1) is 11.3. The number of fused-ring (bicyclic) bond motifs is 3. The van der Waals surface area contributed by atoms with Gasteiger partial charge in [-0.1, -0.05) is 53.8 Å². The van der Waals surface area contributed by atoms with Gasteiger partial charge in [-0.2, -0.15) is 9.97 Å². The van der Waals surface area contributed by atoms with Crippen LogP contribution in [0.2, 0.25) is 0 Å². The highest BCUT2D eigenvalue weighted by Crippen LogP contribution is 2.24. The molecular weight excluding hydrogens is 270 g/mol. The standard InChI is InChI=1S/C15H9N3OS/c19-14-16-13(10-6-2-1-3-7-10)17-15-18(14)11-8-4-5-9-12(11)20-15/h1-9H. The monoisotopic (exact) mass is 279 g/mol. The molecule has 5 heteroatoms. The Kier molecular flexibility index (Phi) is 2.40. The van der Waals surface area contributed by atoms with Crippen LogP contribution in [0.1, 0.15) is 0 Å². The number of para-hydroxylation sites is 1. The minimum atomic E-state index is -0.286. The lowest BCUT2D eigenvalue weighted by atomic mass is 10.2. The molecule has 0 N–H and O–H groups in total. The minimum Gasteiger partial charge on any atom is -0.245 e. The Labute approximate surface area is 118 Å². The van der Waals surface area contributed by atoms with Crippen molar-refractivity contribution in [2.75, 3.05) is 0 Å². The summed E-state index contributed by atoms with van der Waals surface area (Å²) in [5.74, 6) is 0.474. The molecule has 4 aromatic rings. The summed E-state index contributed by atoms with van der Waals surface area (Å²) in [6.45, 7) is 0. The molecule has 4 rings (SSSR count). The first-order valence-corrected chi connectivity index (χ1v) is 6.98. The van der Waals surface area contributed by atoms with E-state index in [1.807, 2.05) is 54.6 Å². The quantitative estimate of drug-likeness (QED) is 0.538. The molecule has 0 radical (unpaired) electrons. The first-order valence-electron chi connectivity index (χ1n) is 6.17. The smallest absolute Gasteiger partial charge is 0.245 e. The van der Waals surface area contributed by atoms with E-state index in [0.717, 1.165) is 15.8 Å². The number of hydrogen-bond donors (Lipinski definition) is 0. The summed E-state index contributed by atoms with van der Waals surface area (Å²) in [6.07, 6.45) is 0. The molecule has 2 aromatic carbocycles. The molecule has 0 spiro atoms. The lowest BCUT2D eigenvalue weighted by Gasteiger charge is -1.99. The minimum absolute atomic E-state index is 0.286. The molecule has 0 aliphatic rings. The molecule has 0 atom stereocenters. The van der Waals surface area contributed by atoms with E-state index in [9.17, 15) is 4.79 Å². The number of thiazole rings is 1. The molecule has 0 saturated carbocycles. The van der Waals surface area contributed by atoms with E-state index in [2.05, 4.69) is 9.97 Å². The zero-order valence-corrected chi connectivity index (χ0v) is 11.2. The zero-order chi connectivity index (χ0) is 13.5. The van der Waals surface area contributed by atoms with E-state index in [0.29, 0.717) is 10.8 Å². The van der Waals surface area contributed by atoms with E-state index in [1.54, 1.807) is 4.40 Å². The summed E-state index contributed by atoms with van der Waals surface area (Å²) in [4.78, 5) is 21.5. The third-order valence-electron chi connectivity index (χ3n) is 3.13. The normalized spacial score (nSPS) is 11.2. The highest BCUT2D eigenvalue weighted by Gasteiger charge is 2.11. The first-order chi connectivity index (χ1) is 9.83. The second-order valence-corrected chi connectivity index (χ2v) is 5.39. The molecule has 0 unspecified atom stereocenters. The van der Waals surface area contributed by atoms with Gasteiger partial charge in [-0.05, 0) is 12.1 Å². The second kappa shape index (κ2) is 4.25. The fourth-order valence-electron chi connectivity index (χ4n) is 2.21. The van der Waals surface area contributed by atoms with Crippen molar-refractivity contribution < 1.29 is 0 Å². The SMILES string of the molecule is O=c1nc(-c2ccccc2)nc2sc3ccccc3n12. The van der Waals surface area contributed by atoms with Gasteiger partial charge in [0.2, 0.25) is 4.96 Å². The number of nitrogens with zero attached hydrogens (tertiary/aromatic N) is 3. The van der Waals surface area contributed by atoms with Gasteiger partial charge in [-0.25, -0.2) is 9.20 Å². The lowest BCUT2D eigenvalue weighted by Crippen LogP contribution is -2.17. The maximum Gasteiger partial charge on any atom is 0.356 e. The maximum atomic E-state index is 12.3. The molecule has 20 heavy (non-hydrogen) atoms. The van der Waals surface area contributed by atoms with Crippen molar-refractivity contribution >= 4 is 26.5 Å². The van der Waals surface area contributed by atoms with E-state index in [-0.39, 0.29) is 5.69 Å². The van der Waals surface area contributed by atoms with Crippen LogP contribution in [0.4, 0.5) is 0 Å². The van der Waals surface area contributed by atoms with Crippen LogP contribution in [0.25, 0.3) is 26.6 Å². The van der Waals surface area contributed by atoms with Crippen molar-refractivity contribution in [3.63, 3.8) is 0 Å². The molecule has 0 amide bonds. The largest absolute Gasteiger partial charge is 0.356 e. The van der Waals surface area contributed by atoms with Crippen molar-refractivity contribution in [2.24, 2.45) is 0 Å². The Bertz CT molecular complexity index is 973. The van der Waals surface area contributed by atoms with Crippen molar-refractivity contribution in [1.29, 1.82) is 0 Å². The Balaban J connectivity index is 2.09. The molecular formula is C15H9N3OS. The molecule has 0 bridgehead atoms. The molecule has 96 valence electrons. The van der Waals surface area contributed by atoms with E-state index < -0.39 is 0 Å². The van der Waals surface area contributed by atoms with E-state index in [4.69, 9.17) is 0 Å². The van der Waals surface area contributed by atoms with Gasteiger partial charge in [0.25, 0.3) is 0 Å². The molecule has 0 fully saturated rings. The van der Waals surface area contributed by atoms with Crippen LogP contribution in [-0.4, -0.2) is 14.4 Å². The van der Waals surface area contributed by atoms with Crippen molar-refractivity contribution in [1.82, 2.24) is 14.4 Å². The summed E-state index contributed by atoms with van der Waals surface area (Å²) in [7, 11) is 0. The number of rotatable bonds is 1. The fraction of sp³-hybridized carbons (Fsp3) is 0. The van der Waals surface area contributed by atoms with E-state index >= 15 is 0 Å². The van der Waals surface area contributed by atoms with Crippen LogP contribution < -0.4 is 5.69 Å². The zero-order valence-electron chi connectivity index (χ0n) is 10.4. The van der Waals surface area contributed by atoms with Gasteiger partial charge in [0.15, 0.2) is 5.82 Å². The predicted octanol–water partition coefficient (Wildman–Crippen LogP) is 2.97. The van der Waals surface area contributed by atoms with Gasteiger partial charge in [0, 0.05) is 5.56 Å². The van der Waals surface area contributed by atoms with Crippen LogP contribution in [0, 0.1) is 0 Å². The van der Waals surface area contributed by atoms with Crippen LogP contribution >= 0.6 is 11.3 Å². The summed E-state index contributed by atoms with van der Waals surface area (Å²) in [5, 5.41) is 0. The van der Waals surface area contributed by atoms with Gasteiger partial charge >= 0.3 is 5.69 Å². The van der Waals surface area contributed by atoms with Gasteiger partial charge in [-0.15, -0.1) is 0 Å². The highest BCUT2D eigenvalue weighted by atomic mass is 32.1. The fourth-order valence-corrected chi connectivity index (χ4v) is 3.21. The van der Waals surface area contributed by atoms with Gasteiger partial charge < -0.3 is 0 Å². The number of benzene rings is 2. The predicted molar refractivity (Wildman–Crippen MR) is 80.1 cm³/mol. The lowest BCUT2D eigenvalue weighted by molar-refractivity contribution is 0.993. The Morgan fingerprint density at radius 1 is 0.900 bits per heavy atom. The molecule has 4 nitrogen and oxygen atoms in total. The van der Waals surface area contributed by atoms with Crippen LogP contribution in [-0.2, 0) is 0 Å².